The second-order valence-corrected chi connectivity index (χ2v) is 5.27. The van der Waals surface area contributed by atoms with Gasteiger partial charge in [0.2, 0.25) is 6.01 Å². The first-order valence-corrected chi connectivity index (χ1v) is 6.67. The van der Waals surface area contributed by atoms with Gasteiger partial charge in [-0.15, -0.1) is 0 Å². The van der Waals surface area contributed by atoms with Gasteiger partial charge in [0.25, 0.3) is 15.8 Å². The summed E-state index contributed by atoms with van der Waals surface area (Å²) in [5.74, 6) is 0. The number of alkyl halides is 1. The van der Waals surface area contributed by atoms with Crippen molar-refractivity contribution in [1.82, 2.24) is 0 Å². The Bertz CT molecular complexity index is 548. The molecule has 0 saturated heterocycles. The zero-order valence-corrected chi connectivity index (χ0v) is 10.6. The molecule has 0 bridgehead atoms. The van der Waals surface area contributed by atoms with Crippen LogP contribution in [0.25, 0.3) is 0 Å². The molecule has 100 valence electrons. The average Bonchev–Trinajstić information content (AvgIpc) is 2.30. The third-order valence-electron chi connectivity index (χ3n) is 2.01. The maximum Gasteiger partial charge on any atom is 0.297 e. The van der Waals surface area contributed by atoms with Gasteiger partial charge in [0.1, 0.15) is 0 Å². The van der Waals surface area contributed by atoms with Gasteiger partial charge in [-0.2, -0.15) is 8.42 Å². The van der Waals surface area contributed by atoms with Crippen LogP contribution >= 0.6 is 11.6 Å². The Morgan fingerprint density at radius 3 is 2.67 bits per heavy atom. The lowest BCUT2D eigenvalue weighted by Gasteiger charge is -2.04. The quantitative estimate of drug-likeness (QED) is 0.456. The largest absolute Gasteiger partial charge is 0.297 e. The molecule has 6 nitrogen and oxygen atoms in total. The van der Waals surface area contributed by atoms with Crippen molar-refractivity contribution in [3.63, 3.8) is 0 Å². The Balaban J connectivity index is 2.77. The van der Waals surface area contributed by atoms with Crippen molar-refractivity contribution in [3.05, 3.63) is 38.9 Å². The van der Waals surface area contributed by atoms with Crippen LogP contribution in [-0.4, -0.2) is 26.0 Å². The molecule has 1 aromatic rings. The summed E-state index contributed by atoms with van der Waals surface area (Å²) >= 11 is 5.61. The van der Waals surface area contributed by atoms with E-state index in [4.69, 9.17) is 11.6 Å². The molecule has 0 radical (unpaired) electrons. The highest BCUT2D eigenvalue weighted by Crippen LogP contribution is 2.23. The fourth-order valence-electron chi connectivity index (χ4n) is 1.23. The van der Waals surface area contributed by atoms with Crippen molar-refractivity contribution >= 4 is 27.4 Å². The summed E-state index contributed by atoms with van der Waals surface area (Å²) in [5, 5.41) is 10.9. The van der Waals surface area contributed by atoms with E-state index in [1.54, 1.807) is 0 Å². The highest BCUT2D eigenvalue weighted by molar-refractivity contribution is 7.86. The Kier molecular flexibility index (Phi) is 5.00. The molecule has 1 aromatic carbocycles. The second-order valence-electron chi connectivity index (χ2n) is 3.27. The third kappa shape index (κ3) is 4.21. The maximum absolute atomic E-state index is 11.9. The first-order valence-electron chi connectivity index (χ1n) is 4.71. The topological polar surface area (TPSA) is 86.5 Å². The van der Waals surface area contributed by atoms with Crippen LogP contribution in [0.15, 0.2) is 18.2 Å². The molecule has 0 saturated carbocycles. The lowest BCUT2D eigenvalue weighted by atomic mass is 10.1. The van der Waals surface area contributed by atoms with E-state index in [1.165, 1.54) is 12.1 Å². The Hall–Kier alpha value is -1.25. The number of hydrogen-bond donors (Lipinski definition) is 0. The fourth-order valence-corrected chi connectivity index (χ4v) is 1.80. The molecule has 0 N–H and O–H groups in total. The van der Waals surface area contributed by atoms with E-state index >= 15 is 0 Å². The molecule has 0 amide bonds. The molecule has 0 aromatic heterocycles. The molecule has 0 fully saturated rings. The van der Waals surface area contributed by atoms with Gasteiger partial charge in [0.05, 0.1) is 11.5 Å². The van der Waals surface area contributed by atoms with Crippen LogP contribution < -0.4 is 0 Å². The van der Waals surface area contributed by atoms with Crippen LogP contribution in [0.3, 0.4) is 0 Å². The second kappa shape index (κ2) is 6.07. The third-order valence-corrected chi connectivity index (χ3v) is 3.04. The minimum Gasteiger partial charge on any atom is -0.268 e. The van der Waals surface area contributed by atoms with E-state index in [9.17, 15) is 22.9 Å². The summed E-state index contributed by atoms with van der Waals surface area (Å²) in [6.07, 6.45) is -0.0350. The Morgan fingerprint density at radius 1 is 1.44 bits per heavy atom. The summed E-state index contributed by atoms with van der Waals surface area (Å²) in [4.78, 5) is 10.1. The van der Waals surface area contributed by atoms with Crippen LogP contribution in [0.1, 0.15) is 5.56 Å². The van der Waals surface area contributed by atoms with E-state index in [1.807, 2.05) is 0 Å². The van der Waals surface area contributed by atoms with E-state index in [-0.39, 0.29) is 29.3 Å². The lowest BCUT2D eigenvalue weighted by Crippen LogP contribution is -2.10. The van der Waals surface area contributed by atoms with Gasteiger partial charge in [-0.05, 0) is 6.07 Å². The van der Waals surface area contributed by atoms with Crippen LogP contribution in [-0.2, 0) is 20.7 Å². The van der Waals surface area contributed by atoms with E-state index in [2.05, 4.69) is 4.18 Å². The predicted molar refractivity (Wildman–Crippen MR) is 62.7 cm³/mol. The van der Waals surface area contributed by atoms with Gasteiger partial charge < -0.3 is 0 Å². The molecule has 0 aliphatic carbocycles. The molecular weight excluding hydrogens is 289 g/mol. The van der Waals surface area contributed by atoms with Crippen LogP contribution in [0.4, 0.5) is 10.1 Å². The van der Waals surface area contributed by atoms with E-state index in [0.717, 1.165) is 6.07 Å². The number of hydrogen-bond acceptors (Lipinski definition) is 5. The number of nitro groups is 1. The normalized spacial score (nSPS) is 11.4. The van der Waals surface area contributed by atoms with E-state index < -0.39 is 21.0 Å². The molecular formula is C9H9ClFNO5S. The zero-order valence-electron chi connectivity index (χ0n) is 9.01. The maximum atomic E-state index is 11.9. The first-order chi connectivity index (χ1) is 8.35. The summed E-state index contributed by atoms with van der Waals surface area (Å²) in [6, 6.07) is 2.36. The monoisotopic (exact) mass is 297 g/mol. The molecule has 0 spiro atoms. The highest BCUT2D eigenvalue weighted by atomic mass is 35.5. The molecule has 1 rings (SSSR count). The molecule has 18 heavy (non-hydrogen) atoms. The summed E-state index contributed by atoms with van der Waals surface area (Å²) in [7, 11) is -4.19. The zero-order chi connectivity index (χ0) is 13.8. The minimum atomic E-state index is -4.19. The van der Waals surface area contributed by atoms with Gasteiger partial charge in [-0.1, -0.05) is 17.7 Å². The fraction of sp³-hybridized carbons (Fsp3) is 0.333. The van der Waals surface area contributed by atoms with Gasteiger partial charge in [0.15, 0.2) is 0 Å². The van der Waals surface area contributed by atoms with Crippen LogP contribution in [0, 0.1) is 10.1 Å². The number of benzene rings is 1. The van der Waals surface area contributed by atoms with Gasteiger partial charge in [0, 0.05) is 23.1 Å². The van der Waals surface area contributed by atoms with Crippen molar-refractivity contribution in [3.8, 4) is 0 Å². The molecule has 0 aliphatic rings. The van der Waals surface area contributed by atoms with Gasteiger partial charge in [-0.25, -0.2) is 4.39 Å². The standard InChI is InChI=1S/C9H9ClFNO5S/c10-8-2-1-7(9(5-8)12(13)14)3-4-17-18(15,16)6-11/h1-2,5H,3-4,6H2. The SMILES string of the molecule is O=[N+]([O-])c1cc(Cl)ccc1CCOS(=O)(=O)CF. The van der Waals surface area contributed by atoms with Crippen molar-refractivity contribution in [2.75, 3.05) is 12.6 Å². The van der Waals surface area contributed by atoms with E-state index in [0.29, 0.717) is 0 Å². The molecule has 0 aliphatic heterocycles. The molecule has 0 atom stereocenters. The predicted octanol–water partition coefficient (Wildman–Crippen LogP) is 2.06. The number of nitrogens with zero attached hydrogens (tertiary/aromatic N) is 1. The van der Waals surface area contributed by atoms with Gasteiger partial charge >= 0.3 is 0 Å². The number of halogens is 2. The summed E-state index contributed by atoms with van der Waals surface area (Å²) in [5.41, 5.74) is 0.0298. The summed E-state index contributed by atoms with van der Waals surface area (Å²) < 4.78 is 37.6. The minimum absolute atomic E-state index is 0.0350. The van der Waals surface area contributed by atoms with Crippen molar-refractivity contribution in [1.29, 1.82) is 0 Å². The number of nitro benzene ring substituents is 1. The van der Waals surface area contributed by atoms with Crippen molar-refractivity contribution < 1.29 is 21.9 Å². The van der Waals surface area contributed by atoms with Crippen molar-refractivity contribution in [2.45, 2.75) is 6.42 Å². The Morgan fingerprint density at radius 2 is 2.11 bits per heavy atom. The smallest absolute Gasteiger partial charge is 0.268 e. The molecule has 0 unspecified atom stereocenters. The van der Waals surface area contributed by atoms with Gasteiger partial charge in [-0.3, -0.25) is 14.3 Å². The summed E-state index contributed by atoms with van der Waals surface area (Å²) in [6.45, 7) is -0.366. The highest BCUT2D eigenvalue weighted by Gasteiger charge is 2.16. The van der Waals surface area contributed by atoms with Crippen LogP contribution in [0.2, 0.25) is 5.02 Å². The van der Waals surface area contributed by atoms with Crippen molar-refractivity contribution in [2.24, 2.45) is 0 Å². The Labute approximate surface area is 108 Å². The molecule has 0 heterocycles. The molecule has 9 heteroatoms. The average molecular weight is 298 g/mol. The number of rotatable bonds is 6. The lowest BCUT2D eigenvalue weighted by molar-refractivity contribution is -0.385. The first kappa shape index (κ1) is 14.8. The van der Waals surface area contributed by atoms with Crippen LogP contribution in [0.5, 0.6) is 0 Å².